The van der Waals surface area contributed by atoms with Gasteiger partial charge in [0.25, 0.3) is 0 Å². The van der Waals surface area contributed by atoms with E-state index in [9.17, 15) is 0 Å². The summed E-state index contributed by atoms with van der Waals surface area (Å²) >= 11 is 0. The van der Waals surface area contributed by atoms with Gasteiger partial charge in [-0.2, -0.15) is 0 Å². The zero-order valence-corrected chi connectivity index (χ0v) is 12.5. The van der Waals surface area contributed by atoms with Gasteiger partial charge in [-0.15, -0.1) is 0 Å². The van der Waals surface area contributed by atoms with E-state index in [1.807, 2.05) is 0 Å². The van der Waals surface area contributed by atoms with Crippen LogP contribution in [0, 0.1) is 0 Å². The molecule has 0 amide bonds. The van der Waals surface area contributed by atoms with Crippen LogP contribution in [0.25, 0.3) is 5.57 Å². The molecule has 2 heteroatoms. The molecule has 1 aromatic carbocycles. The molecule has 0 saturated heterocycles. The highest BCUT2D eigenvalue weighted by molar-refractivity contribution is 6.85. The summed E-state index contributed by atoms with van der Waals surface area (Å²) in [5.41, 5.74) is 2.39. The summed E-state index contributed by atoms with van der Waals surface area (Å²) < 4.78 is 6.14. The molecular weight excluding hydrogens is 224 g/mol. The summed E-state index contributed by atoms with van der Waals surface area (Å²) in [6.07, 6.45) is 2.33. The van der Waals surface area contributed by atoms with Gasteiger partial charge in [0.2, 0.25) is 8.32 Å². The van der Waals surface area contributed by atoms with Crippen molar-refractivity contribution >= 4 is 19.1 Å². The van der Waals surface area contributed by atoms with Crippen molar-refractivity contribution in [1.29, 1.82) is 0 Å². The zero-order valence-electron chi connectivity index (χ0n) is 11.5. The molecular formula is C15H24OSi. The van der Waals surface area contributed by atoms with E-state index in [1.165, 1.54) is 17.2 Å². The second-order valence-electron chi connectivity index (χ2n) is 5.04. The van der Waals surface area contributed by atoms with Crippen molar-refractivity contribution in [3.8, 4) is 0 Å². The quantitative estimate of drug-likeness (QED) is 0.547. The van der Waals surface area contributed by atoms with Gasteiger partial charge in [-0.05, 0) is 37.2 Å². The number of hydrogen-bond donors (Lipinski definition) is 0. The van der Waals surface area contributed by atoms with Gasteiger partial charge in [-0.3, -0.25) is 0 Å². The fourth-order valence-corrected chi connectivity index (χ4v) is 4.18. The molecule has 1 nitrogen and oxygen atoms in total. The topological polar surface area (TPSA) is 9.23 Å². The summed E-state index contributed by atoms with van der Waals surface area (Å²) in [5.74, 6) is 0. The van der Waals surface area contributed by atoms with Gasteiger partial charge in [0, 0.05) is 6.61 Å². The highest BCUT2D eigenvalue weighted by atomic mass is 28.4. The predicted molar refractivity (Wildman–Crippen MR) is 79.1 cm³/mol. The van der Waals surface area contributed by atoms with Crippen LogP contribution in [0.15, 0.2) is 30.8 Å². The molecule has 0 bridgehead atoms. The van der Waals surface area contributed by atoms with Crippen LogP contribution in [0.5, 0.6) is 0 Å². The molecule has 1 aromatic rings. The van der Waals surface area contributed by atoms with Crippen molar-refractivity contribution < 1.29 is 4.43 Å². The lowest BCUT2D eigenvalue weighted by Gasteiger charge is -2.26. The Morgan fingerprint density at radius 1 is 1.29 bits per heavy atom. The minimum atomic E-state index is -1.78. The first-order valence-electron chi connectivity index (χ1n) is 6.38. The molecule has 0 aliphatic rings. The molecule has 0 unspecified atom stereocenters. The van der Waals surface area contributed by atoms with E-state index in [0.717, 1.165) is 18.6 Å². The lowest BCUT2D eigenvalue weighted by molar-refractivity contribution is 0.307. The van der Waals surface area contributed by atoms with Crippen molar-refractivity contribution in [2.45, 2.75) is 39.8 Å². The van der Waals surface area contributed by atoms with Crippen LogP contribution in [0.2, 0.25) is 13.1 Å². The van der Waals surface area contributed by atoms with Crippen molar-refractivity contribution in [3.05, 3.63) is 36.4 Å². The van der Waals surface area contributed by atoms with Crippen molar-refractivity contribution in [2.75, 3.05) is 6.61 Å². The largest absolute Gasteiger partial charge is 0.413 e. The van der Waals surface area contributed by atoms with Crippen LogP contribution < -0.4 is 5.19 Å². The van der Waals surface area contributed by atoms with Crippen molar-refractivity contribution in [2.24, 2.45) is 0 Å². The van der Waals surface area contributed by atoms with Gasteiger partial charge in [-0.1, -0.05) is 49.8 Å². The van der Waals surface area contributed by atoms with E-state index >= 15 is 0 Å². The number of unbranched alkanes of at least 4 members (excludes halogenated alkanes) is 1. The van der Waals surface area contributed by atoms with E-state index < -0.39 is 8.32 Å². The molecule has 0 saturated carbocycles. The van der Waals surface area contributed by atoms with Gasteiger partial charge < -0.3 is 4.43 Å². The molecule has 0 aliphatic heterocycles. The van der Waals surface area contributed by atoms with Crippen LogP contribution in [0.3, 0.4) is 0 Å². The van der Waals surface area contributed by atoms with Gasteiger partial charge in [0.15, 0.2) is 0 Å². The van der Waals surface area contributed by atoms with E-state index in [2.05, 4.69) is 57.8 Å². The van der Waals surface area contributed by atoms with Crippen LogP contribution >= 0.6 is 0 Å². The second kappa shape index (κ2) is 6.17. The van der Waals surface area contributed by atoms with Crippen LogP contribution in [0.1, 0.15) is 32.3 Å². The molecule has 94 valence electrons. The van der Waals surface area contributed by atoms with Crippen LogP contribution in [-0.4, -0.2) is 14.9 Å². The highest BCUT2D eigenvalue weighted by Gasteiger charge is 2.27. The van der Waals surface area contributed by atoms with Gasteiger partial charge in [0.05, 0.1) is 0 Å². The molecule has 17 heavy (non-hydrogen) atoms. The van der Waals surface area contributed by atoms with Gasteiger partial charge in [0.1, 0.15) is 0 Å². The van der Waals surface area contributed by atoms with Crippen molar-refractivity contribution in [3.63, 3.8) is 0 Å². The fraction of sp³-hybridized carbons (Fsp3) is 0.467. The fourth-order valence-electron chi connectivity index (χ4n) is 1.93. The van der Waals surface area contributed by atoms with E-state index in [4.69, 9.17) is 4.43 Å². The Hall–Kier alpha value is -0.863. The van der Waals surface area contributed by atoms with E-state index in [-0.39, 0.29) is 0 Å². The number of hydrogen-bond acceptors (Lipinski definition) is 1. The molecule has 1 rings (SSSR count). The van der Waals surface area contributed by atoms with Gasteiger partial charge >= 0.3 is 0 Å². The maximum absolute atomic E-state index is 6.14. The molecule has 0 fully saturated rings. The first kappa shape index (κ1) is 14.2. The summed E-state index contributed by atoms with van der Waals surface area (Å²) in [6, 6.07) is 8.52. The predicted octanol–water partition coefficient (Wildman–Crippen LogP) is 3.95. The van der Waals surface area contributed by atoms with Crippen LogP contribution in [0.4, 0.5) is 0 Å². The lowest BCUT2D eigenvalue weighted by atomic mass is 10.1. The molecule has 0 heterocycles. The Bertz CT molecular complexity index is 382. The smallest absolute Gasteiger partial charge is 0.218 e. The summed E-state index contributed by atoms with van der Waals surface area (Å²) in [7, 11) is -1.78. The van der Waals surface area contributed by atoms with Crippen LogP contribution in [-0.2, 0) is 4.43 Å². The Morgan fingerprint density at radius 3 is 2.53 bits per heavy atom. The minimum Gasteiger partial charge on any atom is -0.413 e. The summed E-state index contributed by atoms with van der Waals surface area (Å²) in [6.45, 7) is 13.7. The van der Waals surface area contributed by atoms with Crippen molar-refractivity contribution in [1.82, 2.24) is 0 Å². The molecule has 0 aliphatic carbocycles. The van der Waals surface area contributed by atoms with E-state index in [0.29, 0.717) is 0 Å². The number of benzene rings is 1. The Kier molecular flexibility index (Phi) is 5.16. The Balaban J connectivity index is 2.93. The third-order valence-corrected chi connectivity index (χ3v) is 5.66. The summed E-state index contributed by atoms with van der Waals surface area (Å²) in [5, 5.41) is 1.36. The first-order valence-corrected chi connectivity index (χ1v) is 9.29. The lowest BCUT2D eigenvalue weighted by Crippen LogP contribution is -2.46. The monoisotopic (exact) mass is 248 g/mol. The standard InChI is InChI=1S/C15H24OSi/c1-6-7-12-16-17(4,5)15-11-9-8-10-14(15)13(2)3/h8-11H,2,6-7,12H2,1,3-5H3. The minimum absolute atomic E-state index is 0.875. The molecule has 0 atom stereocenters. The number of allylic oxidation sites excluding steroid dienone is 1. The first-order chi connectivity index (χ1) is 7.99. The molecule has 0 N–H and O–H groups in total. The van der Waals surface area contributed by atoms with E-state index in [1.54, 1.807) is 0 Å². The third-order valence-electron chi connectivity index (χ3n) is 3.00. The third kappa shape index (κ3) is 3.82. The number of rotatable bonds is 6. The second-order valence-corrected chi connectivity index (χ2v) is 8.89. The van der Waals surface area contributed by atoms with Gasteiger partial charge in [-0.25, -0.2) is 0 Å². The Labute approximate surface area is 107 Å². The molecule has 0 aromatic heterocycles. The maximum atomic E-state index is 6.14. The average molecular weight is 248 g/mol. The normalized spacial score (nSPS) is 11.5. The molecule has 0 radical (unpaired) electrons. The zero-order chi connectivity index (χ0) is 12.9. The SMILES string of the molecule is C=C(C)c1ccccc1[Si](C)(C)OCCCC. The molecule has 0 spiro atoms. The average Bonchev–Trinajstić information content (AvgIpc) is 2.29. The summed E-state index contributed by atoms with van der Waals surface area (Å²) in [4.78, 5) is 0. The maximum Gasteiger partial charge on any atom is 0.218 e. The highest BCUT2D eigenvalue weighted by Crippen LogP contribution is 2.15. The Morgan fingerprint density at radius 2 is 1.94 bits per heavy atom.